The Morgan fingerprint density at radius 2 is 1.85 bits per heavy atom. The second-order valence-corrected chi connectivity index (χ2v) is 7.57. The summed E-state index contributed by atoms with van der Waals surface area (Å²) in [6.07, 6.45) is 3.26. The largest absolute Gasteiger partial charge is 0.444 e. The summed E-state index contributed by atoms with van der Waals surface area (Å²) in [7, 11) is 1.74. The Bertz CT molecular complexity index is 804. The van der Waals surface area contributed by atoms with Gasteiger partial charge in [-0.3, -0.25) is 10.1 Å². The van der Waals surface area contributed by atoms with E-state index in [1.807, 2.05) is 62.6 Å². The van der Waals surface area contributed by atoms with Crippen molar-refractivity contribution in [3.05, 3.63) is 40.9 Å². The van der Waals surface area contributed by atoms with E-state index in [4.69, 9.17) is 4.74 Å². The van der Waals surface area contributed by atoms with Crippen molar-refractivity contribution in [3.8, 4) is 0 Å². The molecule has 0 aliphatic heterocycles. The maximum absolute atomic E-state index is 11.7. The molecule has 0 unspecified atom stereocenters. The Morgan fingerprint density at radius 1 is 1.19 bits per heavy atom. The van der Waals surface area contributed by atoms with Gasteiger partial charge in [0.15, 0.2) is 5.13 Å². The van der Waals surface area contributed by atoms with E-state index < -0.39 is 11.7 Å². The molecular formula is C19H23N3O3S. The zero-order chi connectivity index (χ0) is 19.3. The minimum atomic E-state index is -0.549. The molecule has 6 nitrogen and oxygen atoms in total. The van der Waals surface area contributed by atoms with Crippen LogP contribution in [0.2, 0.25) is 0 Å². The SMILES string of the molecule is CC(=O)N(C)c1ccc(C=Cc2csc(NC(=O)OC(C)(C)C)n2)cc1. The highest BCUT2D eigenvalue weighted by Gasteiger charge is 2.17. The van der Waals surface area contributed by atoms with Crippen molar-refractivity contribution in [1.29, 1.82) is 0 Å². The van der Waals surface area contributed by atoms with Crippen LogP contribution in [0.4, 0.5) is 15.6 Å². The quantitative estimate of drug-likeness (QED) is 0.847. The number of thiazole rings is 1. The number of aromatic nitrogens is 1. The molecule has 1 aromatic carbocycles. The van der Waals surface area contributed by atoms with Gasteiger partial charge in [-0.1, -0.05) is 18.2 Å². The minimum Gasteiger partial charge on any atom is -0.444 e. The summed E-state index contributed by atoms with van der Waals surface area (Å²) in [5.74, 6) is -0.0132. The lowest BCUT2D eigenvalue weighted by atomic mass is 10.2. The van der Waals surface area contributed by atoms with E-state index >= 15 is 0 Å². The summed E-state index contributed by atoms with van der Waals surface area (Å²) in [6, 6.07) is 7.63. The first-order chi connectivity index (χ1) is 12.1. The lowest BCUT2D eigenvalue weighted by molar-refractivity contribution is -0.116. The maximum Gasteiger partial charge on any atom is 0.413 e. The van der Waals surface area contributed by atoms with Crippen molar-refractivity contribution in [2.45, 2.75) is 33.3 Å². The molecule has 0 spiro atoms. The van der Waals surface area contributed by atoms with Crippen LogP contribution in [0.15, 0.2) is 29.6 Å². The molecule has 1 heterocycles. The average Bonchev–Trinajstić information content (AvgIpc) is 2.98. The molecule has 0 radical (unpaired) electrons. The number of benzene rings is 1. The summed E-state index contributed by atoms with van der Waals surface area (Å²) < 4.78 is 5.20. The van der Waals surface area contributed by atoms with Gasteiger partial charge in [-0.25, -0.2) is 9.78 Å². The van der Waals surface area contributed by atoms with Crippen LogP contribution in [0.3, 0.4) is 0 Å². The number of hydrogen-bond donors (Lipinski definition) is 1. The molecule has 2 rings (SSSR count). The van der Waals surface area contributed by atoms with Crippen molar-refractivity contribution in [2.24, 2.45) is 0 Å². The Morgan fingerprint density at radius 3 is 2.42 bits per heavy atom. The van der Waals surface area contributed by atoms with Crippen molar-refractivity contribution in [1.82, 2.24) is 4.98 Å². The zero-order valence-corrected chi connectivity index (χ0v) is 16.4. The van der Waals surface area contributed by atoms with Gasteiger partial charge in [0.05, 0.1) is 5.69 Å². The van der Waals surface area contributed by atoms with E-state index in [9.17, 15) is 9.59 Å². The number of nitrogens with zero attached hydrogens (tertiary/aromatic N) is 2. The van der Waals surface area contributed by atoms with E-state index in [1.54, 1.807) is 11.9 Å². The van der Waals surface area contributed by atoms with Gasteiger partial charge in [-0.05, 0) is 44.5 Å². The Kier molecular flexibility index (Phi) is 6.15. The molecule has 0 aliphatic rings. The molecule has 0 atom stereocenters. The number of amides is 2. The minimum absolute atomic E-state index is 0.0132. The Hall–Kier alpha value is -2.67. The van der Waals surface area contributed by atoms with Crippen LogP contribution in [-0.4, -0.2) is 29.6 Å². The number of ether oxygens (including phenoxy) is 1. The molecule has 0 saturated carbocycles. The fourth-order valence-corrected chi connectivity index (χ4v) is 2.65. The van der Waals surface area contributed by atoms with Gasteiger partial charge >= 0.3 is 6.09 Å². The van der Waals surface area contributed by atoms with Crippen LogP contribution in [0.5, 0.6) is 0 Å². The number of nitrogens with one attached hydrogen (secondary N) is 1. The Balaban J connectivity index is 1.98. The molecular weight excluding hydrogens is 350 g/mol. The summed E-state index contributed by atoms with van der Waals surface area (Å²) in [5.41, 5.74) is 2.02. The van der Waals surface area contributed by atoms with Gasteiger partial charge in [0.25, 0.3) is 0 Å². The standard InChI is InChI=1S/C19H23N3O3S/c1-13(23)22(5)16-10-7-14(8-11-16)6-9-15-12-26-17(20-15)21-18(24)25-19(2,3)4/h6-12H,1-5H3,(H,20,21,24). The van der Waals surface area contributed by atoms with Crippen LogP contribution in [0.25, 0.3) is 12.2 Å². The van der Waals surface area contributed by atoms with E-state index in [0.717, 1.165) is 16.9 Å². The van der Waals surface area contributed by atoms with Gasteiger partial charge < -0.3 is 9.64 Å². The maximum atomic E-state index is 11.7. The summed E-state index contributed by atoms with van der Waals surface area (Å²) in [4.78, 5) is 29.0. The molecule has 138 valence electrons. The molecule has 26 heavy (non-hydrogen) atoms. The van der Waals surface area contributed by atoms with Gasteiger partial charge in [-0.15, -0.1) is 11.3 Å². The second-order valence-electron chi connectivity index (χ2n) is 6.71. The van der Waals surface area contributed by atoms with Crippen LogP contribution in [-0.2, 0) is 9.53 Å². The first-order valence-corrected chi connectivity index (χ1v) is 9.00. The summed E-state index contributed by atoms with van der Waals surface area (Å²) >= 11 is 1.33. The van der Waals surface area contributed by atoms with Crippen LogP contribution < -0.4 is 10.2 Å². The van der Waals surface area contributed by atoms with Gasteiger partial charge in [0.2, 0.25) is 5.91 Å². The molecule has 1 N–H and O–H groups in total. The molecule has 0 saturated heterocycles. The summed E-state index contributed by atoms with van der Waals surface area (Å²) in [6.45, 7) is 6.95. The third-order valence-corrected chi connectivity index (χ3v) is 4.11. The molecule has 2 amide bonds. The number of carbonyl (C=O) groups is 2. The van der Waals surface area contributed by atoms with Crippen LogP contribution in [0, 0.1) is 0 Å². The first kappa shape index (κ1) is 19.7. The number of rotatable bonds is 4. The highest BCUT2D eigenvalue weighted by atomic mass is 32.1. The number of hydrogen-bond acceptors (Lipinski definition) is 5. The van der Waals surface area contributed by atoms with Gasteiger partial charge in [0, 0.05) is 25.0 Å². The fourth-order valence-electron chi connectivity index (χ4n) is 1.98. The lowest BCUT2D eigenvalue weighted by Gasteiger charge is -2.18. The second kappa shape index (κ2) is 8.14. The van der Waals surface area contributed by atoms with Crippen LogP contribution in [0.1, 0.15) is 39.0 Å². The van der Waals surface area contributed by atoms with Crippen molar-refractivity contribution in [3.63, 3.8) is 0 Å². The fraction of sp³-hybridized carbons (Fsp3) is 0.316. The van der Waals surface area contributed by atoms with Crippen molar-refractivity contribution >= 4 is 46.3 Å². The first-order valence-electron chi connectivity index (χ1n) is 8.12. The monoisotopic (exact) mass is 373 g/mol. The predicted octanol–water partition coefficient (Wildman–Crippen LogP) is 4.64. The van der Waals surface area contributed by atoms with E-state index in [0.29, 0.717) is 5.13 Å². The number of anilines is 2. The molecule has 7 heteroatoms. The van der Waals surface area contributed by atoms with Crippen molar-refractivity contribution in [2.75, 3.05) is 17.3 Å². The van der Waals surface area contributed by atoms with E-state index in [2.05, 4.69) is 10.3 Å². The predicted molar refractivity (Wildman–Crippen MR) is 106 cm³/mol. The highest BCUT2D eigenvalue weighted by molar-refractivity contribution is 7.14. The van der Waals surface area contributed by atoms with E-state index in [1.165, 1.54) is 18.3 Å². The van der Waals surface area contributed by atoms with Gasteiger partial charge in [-0.2, -0.15) is 0 Å². The molecule has 0 fully saturated rings. The normalized spacial score (nSPS) is 11.4. The molecule has 2 aromatic rings. The van der Waals surface area contributed by atoms with Gasteiger partial charge in [0.1, 0.15) is 5.60 Å². The average molecular weight is 373 g/mol. The molecule has 0 bridgehead atoms. The third-order valence-electron chi connectivity index (χ3n) is 3.33. The lowest BCUT2D eigenvalue weighted by Crippen LogP contribution is -2.27. The topological polar surface area (TPSA) is 71.5 Å². The molecule has 1 aromatic heterocycles. The molecule has 0 aliphatic carbocycles. The van der Waals surface area contributed by atoms with Crippen molar-refractivity contribution < 1.29 is 14.3 Å². The number of carbonyl (C=O) groups excluding carboxylic acids is 2. The third kappa shape index (κ3) is 6.00. The van der Waals surface area contributed by atoms with E-state index in [-0.39, 0.29) is 5.91 Å². The van der Waals surface area contributed by atoms with Crippen LogP contribution >= 0.6 is 11.3 Å². The Labute approximate surface area is 157 Å². The smallest absolute Gasteiger partial charge is 0.413 e. The highest BCUT2D eigenvalue weighted by Crippen LogP contribution is 2.20. The zero-order valence-electron chi connectivity index (χ0n) is 15.6. The summed E-state index contributed by atoms with van der Waals surface area (Å²) in [5, 5.41) is 4.95.